The van der Waals surface area contributed by atoms with Crippen molar-refractivity contribution in [1.82, 2.24) is 0 Å². The van der Waals surface area contributed by atoms with Crippen LogP contribution in [0, 0.1) is 0 Å². The number of carboxylic acids is 1. The summed E-state index contributed by atoms with van der Waals surface area (Å²) in [5.74, 6) is -1.46. The van der Waals surface area contributed by atoms with Gasteiger partial charge >= 0.3 is 11.9 Å². The topological polar surface area (TPSA) is 80.7 Å². The van der Waals surface area contributed by atoms with Crippen molar-refractivity contribution in [1.29, 1.82) is 0 Å². The first-order valence-electron chi connectivity index (χ1n) is 11.1. The van der Waals surface area contributed by atoms with Gasteiger partial charge in [0.1, 0.15) is 0 Å². The number of ketones is 1. The smallest absolute Gasteiger partial charge is 0.336 e. The monoisotopic (exact) mass is 424 g/mol. The molecule has 0 amide bonds. The minimum atomic E-state index is -1.10. The number of hydrogen-bond acceptors (Lipinski definition) is 4. The van der Waals surface area contributed by atoms with E-state index in [1.165, 1.54) is 24.5 Å². The summed E-state index contributed by atoms with van der Waals surface area (Å²) in [7, 11) is 0. The van der Waals surface area contributed by atoms with Crippen LogP contribution in [0.25, 0.3) is 0 Å². The molecule has 0 aliphatic carbocycles. The zero-order valence-electron chi connectivity index (χ0n) is 18.3. The third-order valence-corrected chi connectivity index (χ3v) is 5.27. The maximum Gasteiger partial charge on any atom is 0.336 e. The lowest BCUT2D eigenvalue weighted by Crippen LogP contribution is -2.09. The number of carboxylic acid groups (broad SMARTS) is 1. The predicted molar refractivity (Wildman–Crippen MR) is 121 cm³/mol. The Hall–Kier alpha value is -2.95. The highest BCUT2D eigenvalue weighted by atomic mass is 16.5. The molecule has 0 bridgehead atoms. The van der Waals surface area contributed by atoms with Crippen molar-refractivity contribution >= 4 is 17.7 Å². The van der Waals surface area contributed by atoms with Crippen LogP contribution in [0.3, 0.4) is 0 Å². The van der Waals surface area contributed by atoms with E-state index in [2.05, 4.69) is 0 Å². The standard InChI is InChI=1S/C26H32O5/c1-2-31-24(27)15-9-7-5-3-4-6-8-12-20-16-18-21(19-17-20)25(28)22-13-10-11-14-23(22)26(29)30/h10-11,13-14,16-19H,2-9,12,15H2,1H3,(H,29,30). The van der Waals surface area contributed by atoms with Gasteiger partial charge in [-0.05, 0) is 37.8 Å². The second-order valence-corrected chi connectivity index (χ2v) is 7.66. The Morgan fingerprint density at radius 1 is 0.774 bits per heavy atom. The van der Waals surface area contributed by atoms with E-state index in [4.69, 9.17) is 4.74 Å². The Kier molecular flexibility index (Phi) is 10.5. The largest absolute Gasteiger partial charge is 0.478 e. The van der Waals surface area contributed by atoms with Crippen molar-refractivity contribution in [3.63, 3.8) is 0 Å². The highest BCUT2D eigenvalue weighted by molar-refractivity contribution is 6.14. The molecule has 5 nitrogen and oxygen atoms in total. The number of benzene rings is 2. The number of hydrogen-bond donors (Lipinski definition) is 1. The van der Waals surface area contributed by atoms with Crippen molar-refractivity contribution in [3.05, 3.63) is 70.8 Å². The molecule has 2 aromatic rings. The minimum Gasteiger partial charge on any atom is -0.478 e. The number of rotatable bonds is 14. The number of esters is 1. The van der Waals surface area contributed by atoms with Gasteiger partial charge in [-0.3, -0.25) is 9.59 Å². The summed E-state index contributed by atoms with van der Waals surface area (Å²) >= 11 is 0. The summed E-state index contributed by atoms with van der Waals surface area (Å²) in [5.41, 5.74) is 1.92. The molecular weight excluding hydrogens is 392 g/mol. The quantitative estimate of drug-likeness (QED) is 0.234. The van der Waals surface area contributed by atoms with Crippen LogP contribution >= 0.6 is 0 Å². The lowest BCUT2D eigenvalue weighted by atomic mass is 9.96. The van der Waals surface area contributed by atoms with E-state index >= 15 is 0 Å². The molecule has 0 heterocycles. The van der Waals surface area contributed by atoms with E-state index in [1.54, 1.807) is 30.3 Å². The fraction of sp³-hybridized carbons (Fsp3) is 0.423. The third-order valence-electron chi connectivity index (χ3n) is 5.27. The van der Waals surface area contributed by atoms with Crippen molar-refractivity contribution in [3.8, 4) is 0 Å². The van der Waals surface area contributed by atoms with Crippen molar-refractivity contribution < 1.29 is 24.2 Å². The van der Waals surface area contributed by atoms with Crippen LogP contribution in [0.1, 0.15) is 90.1 Å². The van der Waals surface area contributed by atoms with Crippen LogP contribution < -0.4 is 0 Å². The van der Waals surface area contributed by atoms with Crippen LogP contribution in [-0.4, -0.2) is 29.4 Å². The molecule has 31 heavy (non-hydrogen) atoms. The summed E-state index contributed by atoms with van der Waals surface area (Å²) in [5, 5.41) is 9.28. The molecule has 1 N–H and O–H groups in total. The molecule has 0 radical (unpaired) electrons. The SMILES string of the molecule is CCOC(=O)CCCCCCCCCc1ccc(C(=O)c2ccccc2C(=O)O)cc1. The van der Waals surface area contributed by atoms with Gasteiger partial charge in [0.2, 0.25) is 0 Å². The average Bonchev–Trinajstić information content (AvgIpc) is 2.78. The molecule has 0 saturated carbocycles. The fourth-order valence-electron chi connectivity index (χ4n) is 3.56. The Morgan fingerprint density at radius 3 is 1.97 bits per heavy atom. The maximum absolute atomic E-state index is 12.7. The van der Waals surface area contributed by atoms with E-state index in [9.17, 15) is 19.5 Å². The number of carbonyl (C=O) groups is 3. The highest BCUT2D eigenvalue weighted by Gasteiger charge is 2.17. The zero-order chi connectivity index (χ0) is 22.5. The molecule has 5 heteroatoms. The third kappa shape index (κ3) is 8.36. The van der Waals surface area contributed by atoms with Gasteiger partial charge in [-0.25, -0.2) is 4.79 Å². The predicted octanol–water partition coefficient (Wildman–Crippen LogP) is 5.84. The van der Waals surface area contributed by atoms with E-state index in [0.29, 0.717) is 18.6 Å². The number of ether oxygens (including phenoxy) is 1. The van der Waals surface area contributed by atoms with Crippen LogP contribution in [-0.2, 0) is 16.0 Å². The van der Waals surface area contributed by atoms with Gasteiger partial charge in [0, 0.05) is 17.5 Å². The van der Waals surface area contributed by atoms with E-state index < -0.39 is 5.97 Å². The summed E-state index contributed by atoms with van der Waals surface area (Å²) in [4.78, 5) is 35.3. The fourth-order valence-corrected chi connectivity index (χ4v) is 3.56. The molecule has 166 valence electrons. The summed E-state index contributed by atoms with van der Waals surface area (Å²) < 4.78 is 4.92. The molecule has 0 aliphatic rings. The van der Waals surface area contributed by atoms with Crippen LogP contribution in [0.5, 0.6) is 0 Å². The Labute approximate surface area is 184 Å². The van der Waals surface area contributed by atoms with Gasteiger partial charge < -0.3 is 9.84 Å². The second-order valence-electron chi connectivity index (χ2n) is 7.66. The van der Waals surface area contributed by atoms with Crippen molar-refractivity contribution in [2.75, 3.05) is 6.61 Å². The van der Waals surface area contributed by atoms with Gasteiger partial charge in [-0.2, -0.15) is 0 Å². The highest BCUT2D eigenvalue weighted by Crippen LogP contribution is 2.17. The Morgan fingerprint density at radius 2 is 1.35 bits per heavy atom. The number of carbonyl (C=O) groups excluding carboxylic acids is 2. The molecule has 0 aromatic heterocycles. The number of aromatic carboxylic acids is 1. The van der Waals surface area contributed by atoms with Crippen molar-refractivity contribution in [2.45, 2.75) is 64.7 Å². The van der Waals surface area contributed by atoms with Gasteiger partial charge in [-0.1, -0.05) is 74.6 Å². The van der Waals surface area contributed by atoms with Gasteiger partial charge in [0.05, 0.1) is 12.2 Å². The summed E-state index contributed by atoms with van der Waals surface area (Å²) in [6.45, 7) is 2.28. The molecule has 0 saturated heterocycles. The molecule has 2 rings (SSSR count). The first kappa shape index (κ1) is 24.3. The first-order chi connectivity index (χ1) is 15.0. The number of aryl methyl sites for hydroxylation is 1. The molecular formula is C26H32O5. The lowest BCUT2D eigenvalue weighted by molar-refractivity contribution is -0.143. The minimum absolute atomic E-state index is 0.0254. The Bertz CT molecular complexity index is 854. The molecule has 0 spiro atoms. The van der Waals surface area contributed by atoms with Gasteiger partial charge in [0.25, 0.3) is 0 Å². The zero-order valence-corrected chi connectivity index (χ0v) is 18.3. The van der Waals surface area contributed by atoms with Crippen molar-refractivity contribution in [2.24, 2.45) is 0 Å². The normalized spacial score (nSPS) is 10.6. The van der Waals surface area contributed by atoms with E-state index in [1.807, 2.05) is 19.1 Å². The molecule has 0 atom stereocenters. The number of unbranched alkanes of at least 4 members (excludes halogenated alkanes) is 6. The lowest BCUT2D eigenvalue weighted by Gasteiger charge is -2.07. The van der Waals surface area contributed by atoms with Crippen LogP contribution in [0.2, 0.25) is 0 Å². The average molecular weight is 425 g/mol. The summed E-state index contributed by atoms with van der Waals surface area (Å²) in [6.07, 6.45) is 9.22. The van der Waals surface area contributed by atoms with Gasteiger partial charge in [0.15, 0.2) is 5.78 Å². The van der Waals surface area contributed by atoms with E-state index in [0.717, 1.165) is 38.5 Å². The maximum atomic E-state index is 12.7. The molecule has 2 aromatic carbocycles. The molecule has 0 unspecified atom stereocenters. The van der Waals surface area contributed by atoms with Crippen LogP contribution in [0.4, 0.5) is 0 Å². The molecule has 0 aliphatic heterocycles. The molecule has 0 fully saturated rings. The van der Waals surface area contributed by atoms with Crippen LogP contribution in [0.15, 0.2) is 48.5 Å². The first-order valence-corrected chi connectivity index (χ1v) is 11.1. The van der Waals surface area contributed by atoms with E-state index in [-0.39, 0.29) is 22.9 Å². The Balaban J connectivity index is 1.67. The second kappa shape index (κ2) is 13.4. The summed E-state index contributed by atoms with van der Waals surface area (Å²) in [6, 6.07) is 13.7. The van der Waals surface area contributed by atoms with Gasteiger partial charge in [-0.15, -0.1) is 0 Å².